The van der Waals surface area contributed by atoms with Crippen LogP contribution in [0.2, 0.25) is 0 Å². The molecular weight excluding hydrogens is 374 g/mol. The molecule has 3 atom stereocenters. The number of benzene rings is 2. The van der Waals surface area contributed by atoms with E-state index < -0.39 is 12.1 Å². The second-order valence-electron chi connectivity index (χ2n) is 7.64. The van der Waals surface area contributed by atoms with Gasteiger partial charge in [0.25, 0.3) is 0 Å². The Morgan fingerprint density at radius 1 is 1.13 bits per heavy atom. The van der Waals surface area contributed by atoms with Gasteiger partial charge in [-0.1, -0.05) is 60.2 Å². The highest BCUT2D eigenvalue weighted by Gasteiger charge is 2.52. The first kappa shape index (κ1) is 19.8. The number of pyridine rings is 1. The number of amides is 1. The number of carbonyl (C=O) groups excluding carboxylic acids is 1. The normalized spacial score (nSPS) is 20.3. The van der Waals surface area contributed by atoms with Crippen LogP contribution in [-0.2, 0) is 11.2 Å². The van der Waals surface area contributed by atoms with Crippen LogP contribution >= 0.6 is 0 Å². The maximum absolute atomic E-state index is 12.9. The number of hydrogen-bond donors (Lipinski definition) is 1. The molecule has 5 heteroatoms. The molecule has 4 rings (SSSR count). The van der Waals surface area contributed by atoms with Gasteiger partial charge in [0.15, 0.2) is 0 Å². The van der Waals surface area contributed by atoms with Gasteiger partial charge in [-0.05, 0) is 35.2 Å². The van der Waals surface area contributed by atoms with E-state index in [1.807, 2.05) is 37.3 Å². The van der Waals surface area contributed by atoms with E-state index in [4.69, 9.17) is 0 Å². The smallest absolute Gasteiger partial charge is 0.228 e. The Balaban J connectivity index is 1.65. The summed E-state index contributed by atoms with van der Waals surface area (Å²) in [4.78, 5) is 18.5. The minimum Gasteiger partial charge on any atom is -0.394 e. The first-order valence-corrected chi connectivity index (χ1v) is 10.0. The number of aliphatic hydroxyl groups excluding tert-OH is 1. The Kier molecular flexibility index (Phi) is 5.60. The van der Waals surface area contributed by atoms with E-state index in [-0.39, 0.29) is 24.9 Å². The van der Waals surface area contributed by atoms with Crippen molar-refractivity contribution in [1.29, 1.82) is 5.26 Å². The Morgan fingerprint density at radius 2 is 1.90 bits per heavy atom. The molecule has 1 N–H and O–H groups in total. The molecule has 3 aromatic rings. The molecule has 2 aromatic carbocycles. The Bertz CT molecular complexity index is 1070. The number of carbonyl (C=O) groups is 1. The predicted octanol–water partition coefficient (Wildman–Crippen LogP) is 3.48. The predicted molar refractivity (Wildman–Crippen MR) is 114 cm³/mol. The van der Waals surface area contributed by atoms with E-state index in [0.29, 0.717) is 0 Å². The maximum atomic E-state index is 12.9. The van der Waals surface area contributed by atoms with Gasteiger partial charge in [0.05, 0.1) is 25.1 Å². The summed E-state index contributed by atoms with van der Waals surface area (Å²) in [6.45, 7) is 1.85. The van der Waals surface area contributed by atoms with E-state index in [9.17, 15) is 15.2 Å². The zero-order valence-corrected chi connectivity index (χ0v) is 16.8. The zero-order valence-electron chi connectivity index (χ0n) is 16.8. The Hall–Kier alpha value is -3.49. The lowest BCUT2D eigenvalue weighted by molar-refractivity contribution is -0.146. The number of hydrogen-bond acceptors (Lipinski definition) is 4. The van der Waals surface area contributed by atoms with Crippen molar-refractivity contribution in [2.24, 2.45) is 0 Å². The number of aromatic nitrogens is 1. The van der Waals surface area contributed by atoms with Crippen LogP contribution in [0.5, 0.6) is 0 Å². The summed E-state index contributed by atoms with van der Waals surface area (Å²) in [5.74, 6) is -0.409. The third-order valence-electron chi connectivity index (χ3n) is 5.78. The van der Waals surface area contributed by atoms with Gasteiger partial charge >= 0.3 is 0 Å². The quantitative estimate of drug-likeness (QED) is 0.715. The summed E-state index contributed by atoms with van der Waals surface area (Å²) in [6, 6.07) is 21.1. The Labute approximate surface area is 176 Å². The molecule has 1 aliphatic heterocycles. The van der Waals surface area contributed by atoms with Crippen molar-refractivity contribution in [1.82, 2.24) is 9.88 Å². The fourth-order valence-electron chi connectivity index (χ4n) is 4.28. The molecule has 5 nitrogen and oxygen atoms in total. The Morgan fingerprint density at radius 3 is 2.57 bits per heavy atom. The molecule has 1 saturated heterocycles. The molecule has 30 heavy (non-hydrogen) atoms. The van der Waals surface area contributed by atoms with Crippen molar-refractivity contribution < 1.29 is 9.90 Å². The summed E-state index contributed by atoms with van der Waals surface area (Å²) in [7, 11) is 0. The topological polar surface area (TPSA) is 77.2 Å². The van der Waals surface area contributed by atoms with Crippen molar-refractivity contribution in [3.05, 3.63) is 89.7 Å². The van der Waals surface area contributed by atoms with Gasteiger partial charge < -0.3 is 10.0 Å². The van der Waals surface area contributed by atoms with Crippen molar-refractivity contribution in [3.8, 4) is 17.2 Å². The molecule has 0 aliphatic carbocycles. The highest BCUT2D eigenvalue weighted by molar-refractivity contribution is 5.82. The number of aryl methyl sites for hydroxylation is 1. The number of rotatable bonds is 5. The molecule has 0 unspecified atom stereocenters. The van der Waals surface area contributed by atoms with Gasteiger partial charge in [0.1, 0.15) is 6.04 Å². The average Bonchev–Trinajstić information content (AvgIpc) is 2.75. The maximum Gasteiger partial charge on any atom is 0.228 e. The molecule has 0 saturated carbocycles. The van der Waals surface area contributed by atoms with Crippen LogP contribution in [0.4, 0.5) is 0 Å². The number of nitriles is 1. The molecular formula is C25H23N3O2. The summed E-state index contributed by atoms with van der Waals surface area (Å²) in [6.07, 6.45) is 3.47. The third-order valence-corrected chi connectivity index (χ3v) is 5.78. The molecule has 1 fully saturated rings. The van der Waals surface area contributed by atoms with Gasteiger partial charge in [0.2, 0.25) is 5.91 Å². The molecule has 1 aliphatic rings. The first-order valence-electron chi connectivity index (χ1n) is 10.0. The average molecular weight is 397 g/mol. The number of aliphatic hydroxyl groups is 1. The van der Waals surface area contributed by atoms with E-state index in [1.165, 1.54) is 10.5 Å². The van der Waals surface area contributed by atoms with E-state index in [0.717, 1.165) is 22.3 Å². The van der Waals surface area contributed by atoms with Gasteiger partial charge in [-0.15, -0.1) is 0 Å². The molecule has 1 aromatic heterocycles. The fraction of sp³-hybridized carbons (Fsp3) is 0.240. The third kappa shape index (κ3) is 3.58. The van der Waals surface area contributed by atoms with Gasteiger partial charge in [0, 0.05) is 18.3 Å². The van der Waals surface area contributed by atoms with Crippen molar-refractivity contribution in [2.45, 2.75) is 31.3 Å². The highest BCUT2D eigenvalue weighted by Crippen LogP contribution is 2.44. The van der Waals surface area contributed by atoms with E-state index in [2.05, 4.69) is 35.3 Å². The molecule has 0 spiro atoms. The molecule has 0 radical (unpaired) electrons. The van der Waals surface area contributed by atoms with Crippen molar-refractivity contribution in [3.63, 3.8) is 0 Å². The van der Waals surface area contributed by atoms with Crippen LogP contribution in [0.25, 0.3) is 11.1 Å². The van der Waals surface area contributed by atoms with Gasteiger partial charge in [-0.2, -0.15) is 5.26 Å². The minimum absolute atomic E-state index is 0.162. The number of likely N-dealkylation sites (tertiary alicyclic amines) is 1. The summed E-state index contributed by atoms with van der Waals surface area (Å²) in [5.41, 5.74) is 5.04. The van der Waals surface area contributed by atoms with Crippen molar-refractivity contribution in [2.75, 3.05) is 6.61 Å². The monoisotopic (exact) mass is 397 g/mol. The minimum atomic E-state index is -0.613. The molecule has 2 heterocycles. The molecule has 150 valence electrons. The molecule has 0 bridgehead atoms. The van der Waals surface area contributed by atoms with Crippen LogP contribution in [-0.4, -0.2) is 39.6 Å². The standard InChI is InChI=1S/C25H23N3O2/c1-17-8-10-19(11-9-17)20-6-2-3-7-21(20)25-22(14-26)28(23(25)16-29)24(30)13-18-5-4-12-27-15-18/h2-12,15,22-23,25,29H,13,16H2,1H3/t22-,23-,25+/m0/s1. The van der Waals surface area contributed by atoms with Crippen molar-refractivity contribution >= 4 is 5.91 Å². The molecule has 1 amide bonds. The van der Waals surface area contributed by atoms with Crippen LogP contribution < -0.4 is 0 Å². The second-order valence-corrected chi connectivity index (χ2v) is 7.64. The number of nitrogens with zero attached hydrogens (tertiary/aromatic N) is 3. The van der Waals surface area contributed by atoms with E-state index >= 15 is 0 Å². The van der Waals surface area contributed by atoms with E-state index in [1.54, 1.807) is 18.5 Å². The lowest BCUT2D eigenvalue weighted by atomic mass is 9.73. The second kappa shape index (κ2) is 8.48. The van der Waals surface area contributed by atoms with Crippen LogP contribution in [0.15, 0.2) is 73.1 Å². The van der Waals surface area contributed by atoms with Crippen LogP contribution in [0, 0.1) is 18.3 Å². The van der Waals surface area contributed by atoms with Gasteiger partial charge in [-0.25, -0.2) is 0 Å². The first-order chi connectivity index (χ1) is 14.6. The SMILES string of the molecule is Cc1ccc(-c2ccccc2[C@@H]2[C@H](C#N)N(C(=O)Cc3cccnc3)[C@H]2CO)cc1. The zero-order chi connectivity index (χ0) is 21.1. The van der Waals surface area contributed by atoms with Crippen LogP contribution in [0.1, 0.15) is 22.6 Å². The lowest BCUT2D eigenvalue weighted by Gasteiger charge is -2.52. The van der Waals surface area contributed by atoms with Gasteiger partial charge in [-0.3, -0.25) is 9.78 Å². The summed E-state index contributed by atoms with van der Waals surface area (Å²) >= 11 is 0. The largest absolute Gasteiger partial charge is 0.394 e. The van der Waals surface area contributed by atoms with Crippen LogP contribution in [0.3, 0.4) is 0 Å². The summed E-state index contributed by atoms with van der Waals surface area (Å²) in [5, 5.41) is 20.0. The lowest BCUT2D eigenvalue weighted by Crippen LogP contribution is -2.65. The highest BCUT2D eigenvalue weighted by atomic mass is 16.3. The fourth-order valence-corrected chi connectivity index (χ4v) is 4.28. The summed E-state index contributed by atoms with van der Waals surface area (Å²) < 4.78 is 0.